The Balaban J connectivity index is 2.73. The minimum atomic E-state index is -0.481. The first-order chi connectivity index (χ1) is 7.45. The quantitative estimate of drug-likeness (QED) is 0.844. The molecule has 0 bridgehead atoms. The lowest BCUT2D eigenvalue weighted by Crippen LogP contribution is -2.37. The van der Waals surface area contributed by atoms with Gasteiger partial charge in [0.15, 0.2) is 0 Å². The zero-order valence-electron chi connectivity index (χ0n) is 9.46. The molecule has 0 fully saturated rings. The summed E-state index contributed by atoms with van der Waals surface area (Å²) in [6, 6.07) is 7.55. The number of rotatable bonds is 4. The average molecular weight is 242 g/mol. The summed E-state index contributed by atoms with van der Waals surface area (Å²) in [7, 11) is 0. The van der Waals surface area contributed by atoms with Crippen molar-refractivity contribution in [3.63, 3.8) is 0 Å². The molecule has 1 amide bonds. The van der Waals surface area contributed by atoms with E-state index in [1.54, 1.807) is 0 Å². The van der Waals surface area contributed by atoms with E-state index in [0.29, 0.717) is 11.6 Å². The van der Waals surface area contributed by atoms with E-state index in [9.17, 15) is 4.79 Å². The van der Waals surface area contributed by atoms with Crippen LogP contribution in [0.1, 0.15) is 19.4 Å². The molecule has 1 aromatic rings. The molecule has 0 radical (unpaired) electrons. The van der Waals surface area contributed by atoms with Crippen molar-refractivity contribution in [3.8, 4) is 0 Å². The first-order valence-electron chi connectivity index (χ1n) is 5.09. The summed E-state index contributed by atoms with van der Waals surface area (Å²) in [5.41, 5.74) is 0.841. The number of hydrogen-bond donors (Lipinski definition) is 2. The average Bonchev–Trinajstić information content (AvgIpc) is 2.26. The summed E-state index contributed by atoms with van der Waals surface area (Å²) >= 11 is 5.91. The van der Waals surface area contributed by atoms with Gasteiger partial charge in [-0.2, -0.15) is 0 Å². The number of hydrogen-bond acceptors (Lipinski definition) is 2. The van der Waals surface area contributed by atoms with Gasteiger partial charge in [0.1, 0.15) is 6.61 Å². The summed E-state index contributed by atoms with van der Waals surface area (Å²) in [6.45, 7) is 4.00. The predicted molar refractivity (Wildman–Crippen MR) is 64.6 cm³/mol. The van der Waals surface area contributed by atoms with E-state index in [-0.39, 0.29) is 11.3 Å². The molecule has 0 unspecified atom stereocenters. The van der Waals surface area contributed by atoms with E-state index in [4.69, 9.17) is 16.7 Å². The van der Waals surface area contributed by atoms with Crippen molar-refractivity contribution in [1.29, 1.82) is 0 Å². The van der Waals surface area contributed by atoms with Gasteiger partial charge in [-0.3, -0.25) is 4.79 Å². The van der Waals surface area contributed by atoms with E-state index in [1.807, 2.05) is 38.1 Å². The number of carbonyl (C=O) groups excluding carboxylic acids is 1. The molecule has 16 heavy (non-hydrogen) atoms. The Bertz CT molecular complexity index is 377. The molecular formula is C12H16ClNO2. The molecule has 0 heterocycles. The zero-order valence-corrected chi connectivity index (χ0v) is 10.2. The summed E-state index contributed by atoms with van der Waals surface area (Å²) in [4.78, 5) is 11.0. The highest BCUT2D eigenvalue weighted by Crippen LogP contribution is 2.24. The number of benzene rings is 1. The van der Waals surface area contributed by atoms with Gasteiger partial charge in [0, 0.05) is 17.0 Å². The van der Waals surface area contributed by atoms with Crippen LogP contribution in [0.5, 0.6) is 0 Å². The van der Waals surface area contributed by atoms with Crippen LogP contribution in [0.25, 0.3) is 0 Å². The molecule has 0 aliphatic carbocycles. The number of amides is 1. The molecule has 1 rings (SSSR count). The van der Waals surface area contributed by atoms with Crippen LogP contribution in [-0.4, -0.2) is 24.2 Å². The van der Waals surface area contributed by atoms with Gasteiger partial charge in [0.05, 0.1) is 0 Å². The van der Waals surface area contributed by atoms with E-state index in [2.05, 4.69) is 5.32 Å². The minimum Gasteiger partial charge on any atom is -0.387 e. The number of aliphatic hydroxyl groups is 1. The fourth-order valence-corrected chi connectivity index (χ4v) is 1.58. The fraction of sp³-hybridized carbons (Fsp3) is 0.417. The van der Waals surface area contributed by atoms with Crippen molar-refractivity contribution >= 4 is 17.5 Å². The van der Waals surface area contributed by atoms with Gasteiger partial charge in [-0.1, -0.05) is 37.6 Å². The summed E-state index contributed by atoms with van der Waals surface area (Å²) < 4.78 is 0. The molecule has 0 aliphatic heterocycles. The molecule has 4 heteroatoms. The molecule has 0 atom stereocenters. The second-order valence-electron chi connectivity index (χ2n) is 4.33. The topological polar surface area (TPSA) is 49.3 Å². The van der Waals surface area contributed by atoms with Crippen molar-refractivity contribution in [2.45, 2.75) is 19.3 Å². The number of carbonyl (C=O) groups is 1. The van der Waals surface area contributed by atoms with Crippen LogP contribution in [0.4, 0.5) is 0 Å². The maximum Gasteiger partial charge on any atom is 0.245 e. The first-order valence-corrected chi connectivity index (χ1v) is 5.47. The highest BCUT2D eigenvalue weighted by atomic mass is 35.5. The molecule has 0 saturated carbocycles. The van der Waals surface area contributed by atoms with Crippen LogP contribution in [0.3, 0.4) is 0 Å². The van der Waals surface area contributed by atoms with Crippen molar-refractivity contribution in [2.75, 3.05) is 13.2 Å². The van der Waals surface area contributed by atoms with E-state index < -0.39 is 6.61 Å². The second-order valence-corrected chi connectivity index (χ2v) is 4.77. The third-order valence-corrected chi connectivity index (χ3v) is 2.71. The van der Waals surface area contributed by atoms with Crippen molar-refractivity contribution in [2.24, 2.45) is 0 Å². The molecule has 0 aliphatic rings. The molecule has 0 saturated heterocycles. The van der Waals surface area contributed by atoms with E-state index >= 15 is 0 Å². The lowest BCUT2D eigenvalue weighted by molar-refractivity contribution is -0.124. The van der Waals surface area contributed by atoms with Crippen LogP contribution in [0.2, 0.25) is 5.02 Å². The zero-order chi connectivity index (χ0) is 12.2. The molecule has 0 spiro atoms. The minimum absolute atomic E-state index is 0.213. The van der Waals surface area contributed by atoms with Crippen molar-refractivity contribution in [3.05, 3.63) is 34.9 Å². The molecule has 0 aromatic heterocycles. The van der Waals surface area contributed by atoms with Crippen LogP contribution >= 0.6 is 11.6 Å². The molecule has 3 nitrogen and oxygen atoms in total. The highest BCUT2D eigenvalue weighted by Gasteiger charge is 2.21. The predicted octanol–water partition coefficient (Wildman–Crippen LogP) is 1.73. The first kappa shape index (κ1) is 13.0. The maximum absolute atomic E-state index is 11.0. The Kier molecular flexibility index (Phi) is 4.33. The van der Waals surface area contributed by atoms with Crippen LogP contribution < -0.4 is 5.32 Å². The van der Waals surface area contributed by atoms with Gasteiger partial charge < -0.3 is 10.4 Å². The van der Waals surface area contributed by atoms with Crippen LogP contribution in [0.15, 0.2) is 24.3 Å². The van der Waals surface area contributed by atoms with Crippen LogP contribution in [0, 0.1) is 0 Å². The summed E-state index contributed by atoms with van der Waals surface area (Å²) in [5, 5.41) is 12.0. The van der Waals surface area contributed by atoms with Gasteiger partial charge in [-0.15, -0.1) is 0 Å². The van der Waals surface area contributed by atoms with E-state index in [1.165, 1.54) is 0 Å². The van der Waals surface area contributed by atoms with Crippen molar-refractivity contribution < 1.29 is 9.90 Å². The van der Waals surface area contributed by atoms with Gasteiger partial charge in [0.2, 0.25) is 5.91 Å². The molecule has 2 N–H and O–H groups in total. The lowest BCUT2D eigenvalue weighted by Gasteiger charge is -2.25. The SMILES string of the molecule is CC(C)(CNC(=O)CO)c1cccc(Cl)c1. The van der Waals surface area contributed by atoms with Gasteiger partial charge in [-0.05, 0) is 17.7 Å². The number of aliphatic hydroxyl groups excluding tert-OH is 1. The Hall–Kier alpha value is -1.06. The second kappa shape index (κ2) is 5.32. The number of halogens is 1. The molecule has 1 aromatic carbocycles. The molecular weight excluding hydrogens is 226 g/mol. The molecule has 88 valence electrons. The fourth-order valence-electron chi connectivity index (χ4n) is 1.39. The smallest absolute Gasteiger partial charge is 0.245 e. The van der Waals surface area contributed by atoms with Gasteiger partial charge >= 0.3 is 0 Å². The Labute approximate surface area is 100 Å². The summed E-state index contributed by atoms with van der Waals surface area (Å²) in [5.74, 6) is -0.366. The van der Waals surface area contributed by atoms with Crippen molar-refractivity contribution in [1.82, 2.24) is 5.32 Å². The Morgan fingerprint density at radius 2 is 2.19 bits per heavy atom. The van der Waals surface area contributed by atoms with Gasteiger partial charge in [-0.25, -0.2) is 0 Å². The van der Waals surface area contributed by atoms with E-state index in [0.717, 1.165) is 5.56 Å². The lowest BCUT2D eigenvalue weighted by atomic mass is 9.84. The third kappa shape index (κ3) is 3.51. The Morgan fingerprint density at radius 3 is 2.75 bits per heavy atom. The number of nitrogens with one attached hydrogen (secondary N) is 1. The normalized spacial score (nSPS) is 11.2. The van der Waals surface area contributed by atoms with Gasteiger partial charge in [0.25, 0.3) is 0 Å². The summed E-state index contributed by atoms with van der Waals surface area (Å²) in [6.07, 6.45) is 0. The third-order valence-electron chi connectivity index (χ3n) is 2.48. The standard InChI is InChI=1S/C12H16ClNO2/c1-12(2,8-14-11(16)7-15)9-4-3-5-10(13)6-9/h3-6,15H,7-8H2,1-2H3,(H,14,16). The highest BCUT2D eigenvalue weighted by molar-refractivity contribution is 6.30. The Morgan fingerprint density at radius 1 is 1.50 bits per heavy atom. The largest absolute Gasteiger partial charge is 0.387 e. The monoisotopic (exact) mass is 241 g/mol. The maximum atomic E-state index is 11.0. The van der Waals surface area contributed by atoms with Crippen LogP contribution in [-0.2, 0) is 10.2 Å².